The normalized spacial score (nSPS) is 19.6. The second kappa shape index (κ2) is 2.87. The highest BCUT2D eigenvalue weighted by atomic mass is 14.3. The lowest BCUT2D eigenvalue weighted by atomic mass is 9.72. The van der Waals surface area contributed by atoms with Gasteiger partial charge in [0.2, 0.25) is 0 Å². The van der Waals surface area contributed by atoms with Crippen molar-refractivity contribution < 1.29 is 0 Å². The number of benzene rings is 1. The van der Waals surface area contributed by atoms with Gasteiger partial charge in [0, 0.05) is 0 Å². The van der Waals surface area contributed by atoms with Crippen molar-refractivity contribution in [1.29, 1.82) is 0 Å². The summed E-state index contributed by atoms with van der Waals surface area (Å²) in [4.78, 5) is 0. The summed E-state index contributed by atoms with van der Waals surface area (Å²) in [6.45, 7) is 6.81. The summed E-state index contributed by atoms with van der Waals surface area (Å²) in [5.41, 5.74) is 4.71. The Hall–Kier alpha value is -0.780. The van der Waals surface area contributed by atoms with Crippen molar-refractivity contribution >= 4 is 0 Å². The molecule has 0 N–H and O–H groups in total. The molecule has 0 bridgehead atoms. The highest BCUT2D eigenvalue weighted by Gasteiger charge is 2.26. The fourth-order valence-corrected chi connectivity index (χ4v) is 2.35. The van der Waals surface area contributed by atoms with E-state index in [4.69, 9.17) is 0 Å². The summed E-state index contributed by atoms with van der Waals surface area (Å²) in [6.07, 6.45) is 3.91. The second-order valence-electron chi connectivity index (χ2n) is 4.79. The van der Waals surface area contributed by atoms with Crippen molar-refractivity contribution in [2.45, 2.75) is 45.4 Å². The molecule has 1 aromatic rings. The molecule has 0 atom stereocenters. The maximum Gasteiger partial charge on any atom is -0.0100 e. The minimum atomic E-state index is 0.373. The van der Waals surface area contributed by atoms with E-state index in [-0.39, 0.29) is 0 Å². The lowest BCUT2D eigenvalue weighted by molar-refractivity contribution is 0.431. The lowest BCUT2D eigenvalue weighted by Gasteiger charge is -2.32. The van der Waals surface area contributed by atoms with Gasteiger partial charge in [-0.25, -0.2) is 0 Å². The largest absolute Gasteiger partial charge is 0.0558 e. The van der Waals surface area contributed by atoms with Crippen LogP contribution in [0.3, 0.4) is 0 Å². The predicted octanol–water partition coefficient (Wildman–Crippen LogP) is 3.41. The van der Waals surface area contributed by atoms with Crippen LogP contribution >= 0.6 is 0 Å². The van der Waals surface area contributed by atoms with Gasteiger partial charge in [0.25, 0.3) is 0 Å². The lowest BCUT2D eigenvalue weighted by Crippen LogP contribution is -2.23. The predicted molar refractivity (Wildman–Crippen MR) is 56.0 cm³/mol. The molecule has 1 radical (unpaired) electrons. The minimum absolute atomic E-state index is 0.373. The van der Waals surface area contributed by atoms with E-state index < -0.39 is 0 Å². The third kappa shape index (κ3) is 1.50. The van der Waals surface area contributed by atoms with Crippen molar-refractivity contribution in [3.05, 3.63) is 34.9 Å². The van der Waals surface area contributed by atoms with Crippen molar-refractivity contribution in [1.82, 2.24) is 0 Å². The fourth-order valence-electron chi connectivity index (χ4n) is 2.35. The third-order valence-electron chi connectivity index (χ3n) is 3.16. The first-order chi connectivity index (χ1) is 6.09. The summed E-state index contributed by atoms with van der Waals surface area (Å²) in [7, 11) is 0. The molecule has 0 aliphatic heterocycles. The highest BCUT2D eigenvalue weighted by Crippen LogP contribution is 2.36. The van der Waals surface area contributed by atoms with E-state index in [1.54, 1.807) is 5.56 Å². The smallest absolute Gasteiger partial charge is 0.0100 e. The summed E-state index contributed by atoms with van der Waals surface area (Å²) in [5, 5.41) is 0. The highest BCUT2D eigenvalue weighted by molar-refractivity contribution is 5.37. The average molecular weight is 173 g/mol. The van der Waals surface area contributed by atoms with Gasteiger partial charge >= 0.3 is 0 Å². The summed E-state index contributed by atoms with van der Waals surface area (Å²) in [5.74, 6) is 0. The van der Waals surface area contributed by atoms with Crippen LogP contribution < -0.4 is 0 Å². The Morgan fingerprint density at radius 3 is 2.92 bits per heavy atom. The minimum Gasteiger partial charge on any atom is -0.0558 e. The molecule has 2 rings (SSSR count). The van der Waals surface area contributed by atoms with Crippen LogP contribution in [0, 0.1) is 13.0 Å². The molecule has 0 heterocycles. The van der Waals surface area contributed by atoms with Gasteiger partial charge in [-0.05, 0) is 54.4 Å². The summed E-state index contributed by atoms with van der Waals surface area (Å²) >= 11 is 0. The van der Waals surface area contributed by atoms with E-state index in [2.05, 4.69) is 39.0 Å². The number of hydrogen-bond acceptors (Lipinski definition) is 0. The Kier molecular flexibility index (Phi) is 1.94. The molecule has 1 aromatic carbocycles. The zero-order valence-electron chi connectivity index (χ0n) is 8.78. The van der Waals surface area contributed by atoms with Gasteiger partial charge in [-0.2, -0.15) is 0 Å². The Morgan fingerprint density at radius 1 is 1.38 bits per heavy atom. The Labute approximate surface area is 81.0 Å². The first-order valence-electron chi connectivity index (χ1n) is 5.11. The molecule has 13 heavy (non-hydrogen) atoms. The van der Waals surface area contributed by atoms with Crippen molar-refractivity contribution in [3.63, 3.8) is 0 Å². The Balaban J connectivity index is 2.53. The van der Waals surface area contributed by atoms with E-state index in [1.165, 1.54) is 30.4 Å². The molecule has 1 aliphatic rings. The average Bonchev–Trinajstić information content (AvgIpc) is 2.02. The van der Waals surface area contributed by atoms with E-state index in [1.807, 2.05) is 0 Å². The number of hydrogen-bond donors (Lipinski definition) is 0. The van der Waals surface area contributed by atoms with Gasteiger partial charge in [-0.3, -0.25) is 0 Å². The van der Waals surface area contributed by atoms with Crippen molar-refractivity contribution in [2.75, 3.05) is 0 Å². The molecule has 1 aliphatic carbocycles. The number of rotatable bonds is 0. The fraction of sp³-hybridized carbons (Fsp3) is 0.538. The van der Waals surface area contributed by atoms with Crippen LogP contribution in [0.2, 0.25) is 0 Å². The number of aryl methyl sites for hydroxylation is 2. The molecule has 0 saturated carbocycles. The molecule has 0 nitrogen and oxygen atoms in total. The van der Waals surface area contributed by atoms with Crippen LogP contribution in [0.1, 0.15) is 43.4 Å². The Bertz CT molecular complexity index is 321. The quantitative estimate of drug-likeness (QED) is 0.564. The van der Waals surface area contributed by atoms with Crippen molar-refractivity contribution in [2.24, 2.45) is 0 Å². The molecule has 0 fully saturated rings. The topological polar surface area (TPSA) is 0 Å². The van der Waals surface area contributed by atoms with Crippen LogP contribution in [0.4, 0.5) is 0 Å². The standard InChI is InChI=1S/C13H17/c1-10-6-7-12-11(9-10)5-4-8-13(12,2)3/h7,9H,4-5,8H2,1-3H3. The van der Waals surface area contributed by atoms with E-state index >= 15 is 0 Å². The van der Waals surface area contributed by atoms with Gasteiger partial charge in [0.15, 0.2) is 0 Å². The molecule has 0 saturated heterocycles. The SMILES string of the molecule is Cc1[c]cc2c(c1)CCCC2(C)C. The van der Waals surface area contributed by atoms with Gasteiger partial charge in [-0.1, -0.05) is 26.0 Å². The molecular weight excluding hydrogens is 156 g/mol. The van der Waals surface area contributed by atoms with Crippen molar-refractivity contribution in [3.8, 4) is 0 Å². The summed E-state index contributed by atoms with van der Waals surface area (Å²) in [6, 6.07) is 7.82. The molecule has 0 unspecified atom stereocenters. The molecule has 0 heteroatoms. The zero-order chi connectivity index (χ0) is 9.47. The van der Waals surface area contributed by atoms with E-state index in [0.29, 0.717) is 5.41 Å². The van der Waals surface area contributed by atoms with Crippen LogP contribution in [0.15, 0.2) is 12.1 Å². The third-order valence-corrected chi connectivity index (χ3v) is 3.16. The first kappa shape index (κ1) is 8.80. The first-order valence-corrected chi connectivity index (χ1v) is 5.11. The van der Waals surface area contributed by atoms with E-state index in [9.17, 15) is 0 Å². The summed E-state index contributed by atoms with van der Waals surface area (Å²) < 4.78 is 0. The maximum atomic E-state index is 3.32. The Morgan fingerprint density at radius 2 is 2.15 bits per heavy atom. The van der Waals surface area contributed by atoms with Crippen LogP contribution in [-0.2, 0) is 11.8 Å². The van der Waals surface area contributed by atoms with Gasteiger partial charge in [0.1, 0.15) is 0 Å². The van der Waals surface area contributed by atoms with Crippen LogP contribution in [-0.4, -0.2) is 0 Å². The maximum absolute atomic E-state index is 3.32. The van der Waals surface area contributed by atoms with Gasteiger partial charge < -0.3 is 0 Å². The van der Waals surface area contributed by atoms with Crippen LogP contribution in [0.5, 0.6) is 0 Å². The van der Waals surface area contributed by atoms with Crippen LogP contribution in [0.25, 0.3) is 0 Å². The molecule has 0 aromatic heterocycles. The van der Waals surface area contributed by atoms with Gasteiger partial charge in [0.05, 0.1) is 0 Å². The molecule has 0 amide bonds. The zero-order valence-corrected chi connectivity index (χ0v) is 8.78. The second-order valence-corrected chi connectivity index (χ2v) is 4.79. The van der Waals surface area contributed by atoms with E-state index in [0.717, 1.165) is 0 Å². The molecule has 0 spiro atoms. The monoisotopic (exact) mass is 173 g/mol. The molecule has 69 valence electrons. The van der Waals surface area contributed by atoms with Gasteiger partial charge in [-0.15, -0.1) is 0 Å². The molecular formula is C13H17. The number of fused-ring (bicyclic) bond motifs is 1.